The molecule has 0 heterocycles. The zero-order valence-corrected chi connectivity index (χ0v) is 18.8. The number of aliphatic hydroxyl groups is 4. The van der Waals surface area contributed by atoms with Crippen molar-refractivity contribution >= 4 is 5.78 Å². The fourth-order valence-corrected chi connectivity index (χ4v) is 0.867. The van der Waals surface area contributed by atoms with E-state index in [9.17, 15) is 4.79 Å². The molecule has 0 saturated carbocycles. The summed E-state index contributed by atoms with van der Waals surface area (Å²) in [6.45, 7) is 10.3. The van der Waals surface area contributed by atoms with Gasteiger partial charge in [0.15, 0.2) is 5.78 Å². The molecule has 0 unspecified atom stereocenters. The number of rotatable bonds is 8. The summed E-state index contributed by atoms with van der Waals surface area (Å²) in [4.78, 5) is 10.2. The Morgan fingerprint density at radius 1 is 0.750 bits per heavy atom. The van der Waals surface area contributed by atoms with Gasteiger partial charge in [-0.2, -0.15) is 0 Å². The topological polar surface area (TPSA) is 98.0 Å². The monoisotopic (exact) mass is 426 g/mol. The Hall–Kier alpha value is 0.133. The van der Waals surface area contributed by atoms with E-state index in [1.54, 1.807) is 6.92 Å². The van der Waals surface area contributed by atoms with Crippen LogP contribution in [0.2, 0.25) is 0 Å². The zero-order chi connectivity index (χ0) is 18.9. The molecule has 0 aliphatic heterocycles. The Kier molecular flexibility index (Phi) is 56.7. The van der Waals surface area contributed by atoms with E-state index < -0.39 is 0 Å². The van der Waals surface area contributed by atoms with Gasteiger partial charge in [-0.05, 0) is 44.8 Å². The molecule has 146 valence electrons. The van der Waals surface area contributed by atoms with Gasteiger partial charge in [0, 0.05) is 46.0 Å². The van der Waals surface area contributed by atoms with Crippen molar-refractivity contribution in [1.82, 2.24) is 0 Å². The number of hydrogen-bond acceptors (Lipinski definition) is 5. The van der Waals surface area contributed by atoms with Crippen LogP contribution in [-0.4, -0.2) is 52.6 Å². The van der Waals surface area contributed by atoms with Gasteiger partial charge in [0.2, 0.25) is 0 Å². The van der Waals surface area contributed by atoms with Crippen LogP contribution < -0.4 is 0 Å². The molecule has 6 heteroatoms. The van der Waals surface area contributed by atoms with Gasteiger partial charge < -0.3 is 20.4 Å². The molecule has 0 aromatic rings. The average molecular weight is 428 g/mol. The smallest absolute Gasteiger partial charge is 0.152 e. The molecule has 0 aliphatic carbocycles. The van der Waals surface area contributed by atoms with Crippen molar-refractivity contribution in [2.45, 2.75) is 73.1 Å². The Labute approximate surface area is 168 Å². The Morgan fingerprint density at radius 2 is 1.04 bits per heavy atom. The fourth-order valence-electron chi connectivity index (χ4n) is 0.867. The van der Waals surface area contributed by atoms with Gasteiger partial charge in [-0.15, -0.1) is 0 Å². The predicted molar refractivity (Wildman–Crippen MR) is 97.5 cm³/mol. The van der Waals surface area contributed by atoms with Crippen molar-refractivity contribution in [3.05, 3.63) is 11.6 Å². The van der Waals surface area contributed by atoms with Gasteiger partial charge in [-0.25, -0.2) is 0 Å². The molecule has 0 atom stereocenters. The van der Waals surface area contributed by atoms with E-state index in [0.29, 0.717) is 25.4 Å². The van der Waals surface area contributed by atoms with Crippen LogP contribution in [-0.2, 0) is 31.0 Å². The molecule has 0 aromatic carbocycles. The number of aliphatic hydroxyl groups excluding tert-OH is 4. The molecule has 0 saturated heterocycles. The first-order valence-electron chi connectivity index (χ1n) is 8.52. The Balaban J connectivity index is -0.0000000677. The van der Waals surface area contributed by atoms with Crippen LogP contribution in [0.5, 0.6) is 0 Å². The van der Waals surface area contributed by atoms with Crippen LogP contribution in [0.25, 0.3) is 0 Å². The molecule has 4 N–H and O–H groups in total. The number of carbonyl (C=O) groups is 1. The maximum atomic E-state index is 10.2. The third kappa shape index (κ3) is 67.1. The maximum Gasteiger partial charge on any atom is 0.152 e. The van der Waals surface area contributed by atoms with Crippen LogP contribution in [0, 0.1) is 0 Å². The van der Waals surface area contributed by atoms with Crippen molar-refractivity contribution < 1.29 is 51.4 Å². The Bertz CT molecular complexity index is 213. The molecule has 0 rings (SSSR count). The van der Waals surface area contributed by atoms with Gasteiger partial charge in [-0.1, -0.05) is 40.0 Å². The van der Waals surface area contributed by atoms with Gasteiger partial charge in [-0.3, -0.25) is 4.79 Å². The van der Waals surface area contributed by atoms with E-state index in [0.717, 1.165) is 38.5 Å². The minimum absolute atomic E-state index is 0. The normalized spacial score (nSPS) is 9.12. The van der Waals surface area contributed by atoms with Crippen LogP contribution in [0.3, 0.4) is 0 Å². The van der Waals surface area contributed by atoms with Gasteiger partial charge in [0.1, 0.15) is 0 Å². The first-order chi connectivity index (χ1) is 10.9. The van der Waals surface area contributed by atoms with Gasteiger partial charge >= 0.3 is 0 Å². The second-order valence-corrected chi connectivity index (χ2v) is 4.99. The van der Waals surface area contributed by atoms with E-state index in [1.807, 2.05) is 0 Å². The molecule has 5 nitrogen and oxygen atoms in total. The molecule has 24 heavy (non-hydrogen) atoms. The predicted octanol–water partition coefficient (Wildman–Crippen LogP) is 2.85. The Morgan fingerprint density at radius 3 is 1.08 bits per heavy atom. The standard InChI is InChI=1S/C6H10O2.3C4H10O.Zr/c1-5(4-7)3-6(2)8;3*1-2-3-4-5;/h3,7H,4H2,1-2H3;3*5H,2-4H2,1H3;/b5-3+;;;;. The zero-order valence-electron chi connectivity index (χ0n) is 16.3. The summed E-state index contributed by atoms with van der Waals surface area (Å²) in [6.07, 6.45) is 7.53. The molecular weight excluding hydrogens is 387 g/mol. The van der Waals surface area contributed by atoms with Crippen molar-refractivity contribution in [2.24, 2.45) is 0 Å². The van der Waals surface area contributed by atoms with Crippen molar-refractivity contribution in [2.75, 3.05) is 26.4 Å². The second-order valence-electron chi connectivity index (χ2n) is 4.99. The summed E-state index contributed by atoms with van der Waals surface area (Å²) in [5.41, 5.74) is 0.706. The number of allylic oxidation sites excluding steroid dienone is 1. The molecule has 0 aliphatic rings. The number of carbonyl (C=O) groups excluding carboxylic acids is 1. The minimum atomic E-state index is -0.0282. The molecule has 0 aromatic heterocycles. The summed E-state index contributed by atoms with van der Waals surface area (Å²) < 4.78 is 0. The maximum absolute atomic E-state index is 10.2. The van der Waals surface area contributed by atoms with Crippen molar-refractivity contribution in [3.8, 4) is 0 Å². The number of unbranched alkanes of at least 4 members (excludes halogenated alkanes) is 3. The summed E-state index contributed by atoms with van der Waals surface area (Å²) >= 11 is 0. The van der Waals surface area contributed by atoms with Crippen LogP contribution in [0.4, 0.5) is 0 Å². The van der Waals surface area contributed by atoms with E-state index in [2.05, 4.69) is 20.8 Å². The average Bonchev–Trinajstić information content (AvgIpc) is 2.51. The molecule has 0 bridgehead atoms. The largest absolute Gasteiger partial charge is 0.396 e. The van der Waals surface area contributed by atoms with Crippen molar-refractivity contribution in [1.29, 1.82) is 0 Å². The van der Waals surface area contributed by atoms with Gasteiger partial charge in [0.25, 0.3) is 0 Å². The summed E-state index contributed by atoms with van der Waals surface area (Å²) in [5.74, 6) is -0.0171. The molecule has 0 radical (unpaired) electrons. The van der Waals surface area contributed by atoms with E-state index >= 15 is 0 Å². The first-order valence-corrected chi connectivity index (χ1v) is 8.52. The quantitative estimate of drug-likeness (QED) is 0.447. The number of hydrogen-bond donors (Lipinski definition) is 4. The van der Waals surface area contributed by atoms with E-state index in [1.165, 1.54) is 13.0 Å². The van der Waals surface area contributed by atoms with Crippen molar-refractivity contribution in [3.63, 3.8) is 0 Å². The third-order valence-corrected chi connectivity index (χ3v) is 2.23. The van der Waals surface area contributed by atoms with Crippen LogP contribution in [0.15, 0.2) is 11.6 Å². The van der Waals surface area contributed by atoms with Gasteiger partial charge in [0.05, 0.1) is 6.61 Å². The van der Waals surface area contributed by atoms with E-state index in [4.69, 9.17) is 20.4 Å². The molecule has 0 fully saturated rings. The minimum Gasteiger partial charge on any atom is -0.396 e. The number of ketones is 1. The van der Waals surface area contributed by atoms with Crippen LogP contribution in [0.1, 0.15) is 73.1 Å². The molecule has 0 amide bonds. The van der Waals surface area contributed by atoms with E-state index in [-0.39, 0.29) is 38.6 Å². The SMILES string of the molecule is CC(=O)/C=C(\C)CO.CCCCO.CCCCO.CCCCO.[Zr]. The first kappa shape index (κ1) is 35.3. The summed E-state index contributed by atoms with van der Waals surface area (Å²) in [7, 11) is 0. The summed E-state index contributed by atoms with van der Waals surface area (Å²) in [6, 6.07) is 0. The van der Waals surface area contributed by atoms with Crippen LogP contribution >= 0.6 is 0 Å². The molecule has 0 spiro atoms. The fraction of sp³-hybridized carbons (Fsp3) is 0.833. The third-order valence-electron chi connectivity index (χ3n) is 2.23. The molecular formula is C18H40O5Zr. The summed E-state index contributed by atoms with van der Waals surface area (Å²) in [5, 5.41) is 32.6. The second kappa shape index (κ2) is 38.6.